The van der Waals surface area contributed by atoms with E-state index in [2.05, 4.69) is 15.2 Å². The van der Waals surface area contributed by atoms with E-state index in [0.717, 1.165) is 34.4 Å². The van der Waals surface area contributed by atoms with Crippen molar-refractivity contribution in [3.05, 3.63) is 75.7 Å². The Morgan fingerprint density at radius 3 is 2.76 bits per heavy atom. The van der Waals surface area contributed by atoms with Gasteiger partial charge in [-0.25, -0.2) is 4.79 Å². The van der Waals surface area contributed by atoms with Crippen molar-refractivity contribution >= 4 is 35.4 Å². The molecular formula is C23H19ClN4O4S. The van der Waals surface area contributed by atoms with Gasteiger partial charge in [0.25, 0.3) is 11.1 Å². The SMILES string of the molecule is COc1ccc(Cl)cc1-c1nnc(S/C(=C\c2cc(C)n(-c3cccnc3)c2C)C(=O)O)o1. The Hall–Kier alpha value is -3.56. The van der Waals surface area contributed by atoms with Crippen molar-refractivity contribution < 1.29 is 19.1 Å². The summed E-state index contributed by atoms with van der Waals surface area (Å²) in [5.74, 6) is -0.418. The first-order valence-corrected chi connectivity index (χ1v) is 11.0. The molecule has 0 aliphatic carbocycles. The number of aromatic nitrogens is 4. The van der Waals surface area contributed by atoms with Crippen molar-refractivity contribution in [1.82, 2.24) is 19.7 Å². The summed E-state index contributed by atoms with van der Waals surface area (Å²) in [7, 11) is 1.52. The molecule has 33 heavy (non-hydrogen) atoms. The standard InChI is InChI=1S/C23H19ClN4O4S/c1-13-9-15(14(2)28(13)17-5-4-8-25-12-17)10-20(22(29)30)33-23-27-26-21(32-23)18-11-16(24)6-7-19(18)31-3/h4-12H,1-3H3,(H,29,30)/b20-10-. The number of thioether (sulfide) groups is 1. The number of aliphatic carboxylic acids is 1. The Morgan fingerprint density at radius 1 is 1.24 bits per heavy atom. The van der Waals surface area contributed by atoms with Gasteiger partial charge in [0.15, 0.2) is 0 Å². The third-order valence-electron chi connectivity index (χ3n) is 4.87. The zero-order valence-electron chi connectivity index (χ0n) is 17.9. The normalized spacial score (nSPS) is 11.6. The van der Waals surface area contributed by atoms with Crippen LogP contribution in [0, 0.1) is 13.8 Å². The van der Waals surface area contributed by atoms with Crippen LogP contribution in [0.15, 0.2) is 63.3 Å². The Labute approximate surface area is 198 Å². The Kier molecular flexibility index (Phi) is 6.52. The summed E-state index contributed by atoms with van der Waals surface area (Å²) < 4.78 is 13.0. The monoisotopic (exact) mass is 482 g/mol. The van der Waals surface area contributed by atoms with Crippen LogP contribution in [-0.2, 0) is 4.79 Å². The number of carboxylic acids is 1. The number of ether oxygens (including phenoxy) is 1. The second-order valence-electron chi connectivity index (χ2n) is 7.01. The summed E-state index contributed by atoms with van der Waals surface area (Å²) >= 11 is 6.95. The van der Waals surface area contributed by atoms with E-state index in [-0.39, 0.29) is 16.0 Å². The molecule has 168 valence electrons. The number of aryl methyl sites for hydroxylation is 1. The van der Waals surface area contributed by atoms with E-state index in [0.29, 0.717) is 16.3 Å². The van der Waals surface area contributed by atoms with Gasteiger partial charge in [-0.2, -0.15) is 0 Å². The maximum absolute atomic E-state index is 12.0. The number of rotatable bonds is 7. The summed E-state index contributed by atoms with van der Waals surface area (Å²) in [6.45, 7) is 3.87. The topological polar surface area (TPSA) is 103 Å². The number of pyridine rings is 1. The number of benzene rings is 1. The first-order chi connectivity index (χ1) is 15.9. The molecule has 4 aromatic rings. The van der Waals surface area contributed by atoms with Crippen LogP contribution in [-0.4, -0.2) is 37.9 Å². The van der Waals surface area contributed by atoms with Crippen LogP contribution in [0.3, 0.4) is 0 Å². The lowest BCUT2D eigenvalue weighted by Gasteiger charge is -2.08. The third kappa shape index (κ3) is 4.79. The summed E-state index contributed by atoms with van der Waals surface area (Å²) in [6.07, 6.45) is 5.05. The van der Waals surface area contributed by atoms with Gasteiger partial charge in [0, 0.05) is 22.6 Å². The summed E-state index contributed by atoms with van der Waals surface area (Å²) in [6, 6.07) is 10.7. The Bertz CT molecular complexity index is 1350. The molecule has 0 bridgehead atoms. The van der Waals surface area contributed by atoms with E-state index in [1.807, 2.05) is 36.6 Å². The summed E-state index contributed by atoms with van der Waals surface area (Å²) in [5, 5.41) is 18.4. The maximum Gasteiger partial charge on any atom is 0.342 e. The molecule has 3 heterocycles. The van der Waals surface area contributed by atoms with Crippen molar-refractivity contribution in [2.45, 2.75) is 19.1 Å². The molecule has 0 aliphatic heterocycles. The average molecular weight is 483 g/mol. The lowest BCUT2D eigenvalue weighted by atomic mass is 10.2. The molecule has 10 heteroatoms. The van der Waals surface area contributed by atoms with E-state index < -0.39 is 5.97 Å². The zero-order valence-corrected chi connectivity index (χ0v) is 19.5. The van der Waals surface area contributed by atoms with Gasteiger partial charge in [-0.3, -0.25) is 4.98 Å². The molecule has 0 radical (unpaired) electrons. The molecule has 0 aliphatic rings. The summed E-state index contributed by atoms with van der Waals surface area (Å²) in [4.78, 5) is 16.2. The average Bonchev–Trinajstić information content (AvgIpc) is 3.37. The van der Waals surface area contributed by atoms with Crippen LogP contribution >= 0.6 is 23.4 Å². The van der Waals surface area contributed by atoms with Crippen LogP contribution in [0.1, 0.15) is 17.0 Å². The molecule has 0 fully saturated rings. The smallest absolute Gasteiger partial charge is 0.342 e. The number of carbonyl (C=O) groups is 1. The molecule has 0 saturated heterocycles. The van der Waals surface area contributed by atoms with Crippen molar-refractivity contribution in [3.63, 3.8) is 0 Å². The molecule has 0 unspecified atom stereocenters. The van der Waals surface area contributed by atoms with Crippen LogP contribution in [0.4, 0.5) is 0 Å². The van der Waals surface area contributed by atoms with Gasteiger partial charge in [-0.1, -0.05) is 11.6 Å². The van der Waals surface area contributed by atoms with Crippen molar-refractivity contribution in [2.75, 3.05) is 7.11 Å². The maximum atomic E-state index is 12.0. The molecule has 0 amide bonds. The highest BCUT2D eigenvalue weighted by Gasteiger charge is 2.19. The van der Waals surface area contributed by atoms with Crippen LogP contribution < -0.4 is 4.74 Å². The van der Waals surface area contributed by atoms with Crippen molar-refractivity contribution in [1.29, 1.82) is 0 Å². The highest BCUT2D eigenvalue weighted by Crippen LogP contribution is 2.35. The fourth-order valence-electron chi connectivity index (χ4n) is 3.39. The van der Waals surface area contributed by atoms with Gasteiger partial charge in [-0.05, 0) is 73.6 Å². The molecule has 0 spiro atoms. The van der Waals surface area contributed by atoms with Gasteiger partial charge < -0.3 is 18.8 Å². The van der Waals surface area contributed by atoms with E-state index in [1.165, 1.54) is 7.11 Å². The van der Waals surface area contributed by atoms with Crippen LogP contribution in [0.2, 0.25) is 5.02 Å². The molecule has 3 aromatic heterocycles. The number of nitrogens with zero attached hydrogens (tertiary/aromatic N) is 4. The number of hydrogen-bond donors (Lipinski definition) is 1. The molecule has 8 nitrogen and oxygen atoms in total. The molecule has 0 atom stereocenters. The molecule has 1 aromatic carbocycles. The minimum Gasteiger partial charge on any atom is -0.496 e. The lowest BCUT2D eigenvalue weighted by Crippen LogP contribution is -2.00. The van der Waals surface area contributed by atoms with E-state index >= 15 is 0 Å². The van der Waals surface area contributed by atoms with Gasteiger partial charge >= 0.3 is 5.97 Å². The van der Waals surface area contributed by atoms with Crippen molar-refractivity contribution in [2.24, 2.45) is 0 Å². The molecule has 0 saturated carbocycles. The predicted molar refractivity (Wildman–Crippen MR) is 126 cm³/mol. The second kappa shape index (κ2) is 9.51. The second-order valence-corrected chi connectivity index (χ2v) is 8.44. The van der Waals surface area contributed by atoms with Gasteiger partial charge in [-0.15, -0.1) is 10.2 Å². The zero-order chi connectivity index (χ0) is 23.5. The van der Waals surface area contributed by atoms with Crippen LogP contribution in [0.25, 0.3) is 23.2 Å². The predicted octanol–water partition coefficient (Wildman–Crippen LogP) is 5.42. The minimum atomic E-state index is -1.11. The first kappa shape index (κ1) is 22.6. The first-order valence-electron chi connectivity index (χ1n) is 9.77. The lowest BCUT2D eigenvalue weighted by molar-refractivity contribution is -0.131. The van der Waals surface area contributed by atoms with Gasteiger partial charge in [0.2, 0.25) is 0 Å². The number of halogens is 1. The Morgan fingerprint density at radius 2 is 2.06 bits per heavy atom. The van der Waals surface area contributed by atoms with E-state index in [1.54, 1.807) is 36.7 Å². The minimum absolute atomic E-state index is 0.0368. The van der Waals surface area contributed by atoms with Crippen LogP contribution in [0.5, 0.6) is 5.75 Å². The van der Waals surface area contributed by atoms with Gasteiger partial charge in [0.1, 0.15) is 10.7 Å². The Balaban J connectivity index is 1.66. The highest BCUT2D eigenvalue weighted by molar-refractivity contribution is 8.03. The largest absolute Gasteiger partial charge is 0.496 e. The molecule has 4 rings (SSSR count). The molecule has 1 N–H and O–H groups in total. The quantitative estimate of drug-likeness (QED) is 0.275. The summed E-state index contributed by atoms with van der Waals surface area (Å²) in [5.41, 5.74) is 4.01. The van der Waals surface area contributed by atoms with E-state index in [4.69, 9.17) is 20.8 Å². The van der Waals surface area contributed by atoms with E-state index in [9.17, 15) is 9.90 Å². The number of carboxylic acid groups (broad SMARTS) is 1. The fourth-order valence-corrected chi connectivity index (χ4v) is 4.23. The number of hydrogen-bond acceptors (Lipinski definition) is 7. The third-order valence-corrected chi connectivity index (χ3v) is 5.95. The fraction of sp³-hybridized carbons (Fsp3) is 0.130. The number of methoxy groups -OCH3 is 1. The van der Waals surface area contributed by atoms with Crippen molar-refractivity contribution in [3.8, 4) is 22.9 Å². The molecular weight excluding hydrogens is 464 g/mol. The highest BCUT2D eigenvalue weighted by atomic mass is 35.5. The van der Waals surface area contributed by atoms with Gasteiger partial charge in [0.05, 0.1) is 24.6 Å².